The Labute approximate surface area is 114 Å². The Hall–Kier alpha value is -1.32. The lowest BCUT2D eigenvalue weighted by Gasteiger charge is -2.36. The highest BCUT2D eigenvalue weighted by molar-refractivity contribution is 5.90. The molecule has 1 aliphatic carbocycles. The van der Waals surface area contributed by atoms with Crippen molar-refractivity contribution in [3.8, 4) is 0 Å². The van der Waals surface area contributed by atoms with Crippen molar-refractivity contribution in [1.29, 1.82) is 0 Å². The van der Waals surface area contributed by atoms with Gasteiger partial charge in [0, 0.05) is 12.2 Å². The number of aliphatic carboxylic acids is 1. The normalized spacial score (nSPS) is 18.4. The van der Waals surface area contributed by atoms with Gasteiger partial charge in [0.25, 0.3) is 0 Å². The van der Waals surface area contributed by atoms with Crippen LogP contribution in [0.3, 0.4) is 0 Å². The number of esters is 1. The van der Waals surface area contributed by atoms with Gasteiger partial charge in [0.15, 0.2) is 0 Å². The summed E-state index contributed by atoms with van der Waals surface area (Å²) in [5, 5.41) is 8.51. The van der Waals surface area contributed by atoms with Crippen LogP contribution >= 0.6 is 0 Å². The molecule has 0 amide bonds. The Balaban J connectivity index is 2.57. The fraction of sp³-hybridized carbons (Fsp3) is 0.733. The molecule has 1 N–H and O–H groups in total. The standard InChI is InChI=1S/C15H24O4/c1-2-3-5-10-15(11-6-4-7-12-15)19-14(18)9-8-13(16)17/h8-9H,2-7,10-12H2,1H3,(H,16,17)/b9-8+. The van der Waals surface area contributed by atoms with Crippen molar-refractivity contribution in [2.24, 2.45) is 0 Å². The molecular weight excluding hydrogens is 244 g/mol. The SMILES string of the molecule is CCCCCC1(OC(=O)/C=C/C(=O)O)CCCCC1. The fourth-order valence-electron chi connectivity index (χ4n) is 2.68. The van der Waals surface area contributed by atoms with E-state index in [1.165, 1.54) is 6.42 Å². The Bertz CT molecular complexity index is 327. The summed E-state index contributed by atoms with van der Waals surface area (Å²) in [6.45, 7) is 2.15. The highest BCUT2D eigenvalue weighted by Gasteiger charge is 2.34. The Morgan fingerprint density at radius 1 is 1.16 bits per heavy atom. The largest absolute Gasteiger partial charge is 0.478 e. The van der Waals surface area contributed by atoms with Gasteiger partial charge in [-0.3, -0.25) is 0 Å². The third-order valence-corrected chi connectivity index (χ3v) is 3.68. The van der Waals surface area contributed by atoms with Crippen LogP contribution in [0.1, 0.15) is 64.7 Å². The Morgan fingerprint density at radius 2 is 1.84 bits per heavy atom. The molecule has 1 fully saturated rings. The van der Waals surface area contributed by atoms with Gasteiger partial charge in [-0.1, -0.05) is 26.2 Å². The van der Waals surface area contributed by atoms with E-state index in [1.807, 2.05) is 0 Å². The zero-order chi connectivity index (χ0) is 14.1. The van der Waals surface area contributed by atoms with Gasteiger partial charge in [-0.15, -0.1) is 0 Å². The summed E-state index contributed by atoms with van der Waals surface area (Å²) in [5.41, 5.74) is -0.354. The first-order valence-corrected chi connectivity index (χ1v) is 7.22. The van der Waals surface area contributed by atoms with Crippen LogP contribution in [0.5, 0.6) is 0 Å². The van der Waals surface area contributed by atoms with Gasteiger partial charge in [0.05, 0.1) is 0 Å². The van der Waals surface area contributed by atoms with E-state index in [9.17, 15) is 9.59 Å². The molecule has 4 heteroatoms. The second-order valence-electron chi connectivity index (χ2n) is 5.29. The van der Waals surface area contributed by atoms with E-state index in [4.69, 9.17) is 9.84 Å². The topological polar surface area (TPSA) is 63.6 Å². The summed E-state index contributed by atoms with van der Waals surface area (Å²) in [5.74, 6) is -1.65. The van der Waals surface area contributed by atoms with Crippen LogP contribution < -0.4 is 0 Å². The summed E-state index contributed by atoms with van der Waals surface area (Å²) in [7, 11) is 0. The first-order chi connectivity index (χ1) is 9.08. The fourth-order valence-corrected chi connectivity index (χ4v) is 2.68. The van der Waals surface area contributed by atoms with Crippen LogP contribution in [0.4, 0.5) is 0 Å². The molecule has 0 radical (unpaired) electrons. The molecular formula is C15H24O4. The summed E-state index contributed by atoms with van der Waals surface area (Å²) in [6.07, 6.45) is 11.3. The van der Waals surface area contributed by atoms with Crippen molar-refractivity contribution in [2.75, 3.05) is 0 Å². The number of hydrogen-bond donors (Lipinski definition) is 1. The first-order valence-electron chi connectivity index (χ1n) is 7.22. The van der Waals surface area contributed by atoms with Crippen LogP contribution in [0.15, 0.2) is 12.2 Å². The van der Waals surface area contributed by atoms with E-state index in [0.29, 0.717) is 0 Å². The second-order valence-corrected chi connectivity index (χ2v) is 5.29. The summed E-state index contributed by atoms with van der Waals surface area (Å²) in [6, 6.07) is 0. The molecule has 108 valence electrons. The zero-order valence-electron chi connectivity index (χ0n) is 11.7. The highest BCUT2D eigenvalue weighted by Crippen LogP contribution is 2.36. The molecule has 19 heavy (non-hydrogen) atoms. The van der Waals surface area contributed by atoms with Crippen LogP contribution in [0.2, 0.25) is 0 Å². The second kappa shape index (κ2) is 7.97. The third-order valence-electron chi connectivity index (χ3n) is 3.68. The van der Waals surface area contributed by atoms with Crippen molar-refractivity contribution in [1.82, 2.24) is 0 Å². The minimum Gasteiger partial charge on any atom is -0.478 e. The smallest absolute Gasteiger partial charge is 0.331 e. The average Bonchev–Trinajstić information content (AvgIpc) is 2.38. The molecule has 0 heterocycles. The van der Waals surface area contributed by atoms with E-state index in [-0.39, 0.29) is 5.60 Å². The molecule has 1 rings (SSSR count). The maximum Gasteiger partial charge on any atom is 0.331 e. The number of unbranched alkanes of at least 4 members (excludes halogenated alkanes) is 2. The zero-order valence-corrected chi connectivity index (χ0v) is 11.7. The van der Waals surface area contributed by atoms with Crippen LogP contribution in [-0.2, 0) is 14.3 Å². The highest BCUT2D eigenvalue weighted by atomic mass is 16.6. The summed E-state index contributed by atoms with van der Waals surface area (Å²) < 4.78 is 5.59. The minimum atomic E-state index is -1.12. The molecule has 1 saturated carbocycles. The molecule has 0 aromatic heterocycles. The van der Waals surface area contributed by atoms with Crippen LogP contribution in [-0.4, -0.2) is 22.6 Å². The molecule has 0 aliphatic heterocycles. The monoisotopic (exact) mass is 268 g/mol. The van der Waals surface area contributed by atoms with Crippen molar-refractivity contribution in [3.05, 3.63) is 12.2 Å². The van der Waals surface area contributed by atoms with Crippen LogP contribution in [0.25, 0.3) is 0 Å². The molecule has 0 aromatic carbocycles. The van der Waals surface area contributed by atoms with Gasteiger partial charge < -0.3 is 9.84 Å². The number of ether oxygens (including phenoxy) is 1. The first kappa shape index (κ1) is 15.7. The lowest BCUT2D eigenvalue weighted by Crippen LogP contribution is -2.37. The van der Waals surface area contributed by atoms with E-state index in [0.717, 1.165) is 63.5 Å². The third kappa shape index (κ3) is 5.90. The van der Waals surface area contributed by atoms with Gasteiger partial charge in [-0.25, -0.2) is 9.59 Å². The quantitative estimate of drug-likeness (QED) is 0.436. The van der Waals surface area contributed by atoms with Crippen molar-refractivity contribution < 1.29 is 19.4 Å². The van der Waals surface area contributed by atoms with Crippen molar-refractivity contribution in [3.63, 3.8) is 0 Å². The maximum absolute atomic E-state index is 11.7. The molecule has 0 atom stereocenters. The van der Waals surface area contributed by atoms with Gasteiger partial charge in [-0.05, 0) is 38.5 Å². The number of carboxylic acid groups (broad SMARTS) is 1. The molecule has 0 aromatic rings. The summed E-state index contributed by atoms with van der Waals surface area (Å²) in [4.78, 5) is 22.1. The number of hydrogen-bond acceptors (Lipinski definition) is 3. The molecule has 4 nitrogen and oxygen atoms in total. The van der Waals surface area contributed by atoms with E-state index in [2.05, 4.69) is 6.92 Å². The number of rotatable bonds is 7. The van der Waals surface area contributed by atoms with Crippen LogP contribution in [0, 0.1) is 0 Å². The number of carbonyl (C=O) groups excluding carboxylic acids is 1. The molecule has 0 unspecified atom stereocenters. The Morgan fingerprint density at radius 3 is 2.42 bits per heavy atom. The van der Waals surface area contributed by atoms with Crippen molar-refractivity contribution >= 4 is 11.9 Å². The molecule has 0 bridgehead atoms. The number of carbonyl (C=O) groups is 2. The molecule has 0 spiro atoms. The van der Waals surface area contributed by atoms with Crippen molar-refractivity contribution in [2.45, 2.75) is 70.3 Å². The predicted octanol–water partition coefficient (Wildman–Crippen LogP) is 3.45. The van der Waals surface area contributed by atoms with Gasteiger partial charge >= 0.3 is 11.9 Å². The minimum absolute atomic E-state index is 0.354. The van der Waals surface area contributed by atoms with Gasteiger partial charge in [0.2, 0.25) is 0 Å². The van der Waals surface area contributed by atoms with E-state index >= 15 is 0 Å². The maximum atomic E-state index is 11.7. The molecule has 1 aliphatic rings. The van der Waals surface area contributed by atoms with Gasteiger partial charge in [-0.2, -0.15) is 0 Å². The Kier molecular flexibility index (Phi) is 6.60. The van der Waals surface area contributed by atoms with E-state index in [1.54, 1.807) is 0 Å². The molecule has 0 saturated heterocycles. The lowest BCUT2D eigenvalue weighted by molar-refractivity contribution is -0.158. The van der Waals surface area contributed by atoms with E-state index < -0.39 is 11.9 Å². The number of carboxylic acids is 1. The summed E-state index contributed by atoms with van der Waals surface area (Å²) >= 11 is 0. The lowest BCUT2D eigenvalue weighted by atomic mass is 9.81. The average molecular weight is 268 g/mol. The predicted molar refractivity (Wildman–Crippen MR) is 72.8 cm³/mol. The van der Waals surface area contributed by atoms with Gasteiger partial charge in [0.1, 0.15) is 5.60 Å².